The maximum Gasteiger partial charge on any atom is 0.242 e. The van der Waals surface area contributed by atoms with Crippen molar-refractivity contribution in [1.29, 1.82) is 0 Å². The van der Waals surface area contributed by atoms with Crippen LogP contribution >= 0.6 is 11.8 Å². The van der Waals surface area contributed by atoms with E-state index in [4.69, 9.17) is 0 Å². The number of nitrogens with one attached hydrogen (secondary N) is 1. The Morgan fingerprint density at radius 3 is 2.03 bits per heavy atom. The number of carbonyl (C=O) groups is 2. The van der Waals surface area contributed by atoms with Crippen molar-refractivity contribution in [2.24, 2.45) is 0 Å². The number of aryl methyl sites for hydroxylation is 2. The lowest BCUT2D eigenvalue weighted by Gasteiger charge is -2.31. The van der Waals surface area contributed by atoms with Crippen LogP contribution in [0.1, 0.15) is 27.8 Å². The van der Waals surface area contributed by atoms with Crippen LogP contribution in [0, 0.1) is 13.8 Å². The maximum absolute atomic E-state index is 13.5. The number of thioether (sulfide) groups is 1. The van der Waals surface area contributed by atoms with Gasteiger partial charge in [0, 0.05) is 25.8 Å². The predicted molar refractivity (Wildman–Crippen MR) is 137 cm³/mol. The van der Waals surface area contributed by atoms with E-state index in [-0.39, 0.29) is 11.8 Å². The highest BCUT2D eigenvalue weighted by Crippen LogP contribution is 2.20. The average Bonchev–Trinajstić information content (AvgIpc) is 2.83. The minimum absolute atomic E-state index is 0.0265. The Bertz CT molecular complexity index is 1070. The van der Waals surface area contributed by atoms with Gasteiger partial charge in [-0.3, -0.25) is 9.59 Å². The van der Waals surface area contributed by atoms with Crippen LogP contribution in [0.15, 0.2) is 78.9 Å². The summed E-state index contributed by atoms with van der Waals surface area (Å²) in [4.78, 5) is 28.2. The Balaban J connectivity index is 1.83. The van der Waals surface area contributed by atoms with Crippen LogP contribution < -0.4 is 5.32 Å². The SMILES string of the molecule is CNC(=O)[C@@H](Cc1ccccc1)N(Cc1ccccc1C)C(=O)CSCc1ccccc1C. The zero-order valence-electron chi connectivity index (χ0n) is 19.6. The van der Waals surface area contributed by atoms with Crippen LogP contribution in [0.2, 0.25) is 0 Å². The second-order valence-electron chi connectivity index (χ2n) is 8.19. The fourth-order valence-corrected chi connectivity index (χ4v) is 4.78. The largest absolute Gasteiger partial charge is 0.357 e. The molecule has 5 heteroatoms. The van der Waals surface area contributed by atoms with Gasteiger partial charge in [-0.1, -0.05) is 78.9 Å². The average molecular weight is 461 g/mol. The van der Waals surface area contributed by atoms with Crippen molar-refractivity contribution in [3.63, 3.8) is 0 Å². The maximum atomic E-state index is 13.5. The molecule has 1 N–H and O–H groups in total. The van der Waals surface area contributed by atoms with Gasteiger partial charge in [-0.15, -0.1) is 11.8 Å². The molecule has 0 aliphatic rings. The quantitative estimate of drug-likeness (QED) is 0.467. The van der Waals surface area contributed by atoms with Crippen molar-refractivity contribution in [1.82, 2.24) is 10.2 Å². The van der Waals surface area contributed by atoms with E-state index in [9.17, 15) is 9.59 Å². The zero-order valence-corrected chi connectivity index (χ0v) is 20.4. The van der Waals surface area contributed by atoms with Crippen LogP contribution in [0.5, 0.6) is 0 Å². The van der Waals surface area contributed by atoms with Crippen molar-refractivity contribution in [2.45, 2.75) is 38.6 Å². The molecule has 0 aromatic heterocycles. The molecule has 0 saturated heterocycles. The minimum Gasteiger partial charge on any atom is -0.357 e. The van der Waals surface area contributed by atoms with Crippen molar-refractivity contribution >= 4 is 23.6 Å². The van der Waals surface area contributed by atoms with E-state index in [1.54, 1.807) is 23.7 Å². The Kier molecular flexibility index (Phi) is 9.14. The van der Waals surface area contributed by atoms with Crippen LogP contribution in [0.4, 0.5) is 0 Å². The van der Waals surface area contributed by atoms with Gasteiger partial charge in [-0.2, -0.15) is 0 Å². The van der Waals surface area contributed by atoms with E-state index >= 15 is 0 Å². The molecule has 0 bridgehead atoms. The van der Waals surface area contributed by atoms with Crippen LogP contribution in [0.25, 0.3) is 0 Å². The summed E-state index contributed by atoms with van der Waals surface area (Å²) in [6.07, 6.45) is 0.473. The number of benzene rings is 3. The molecule has 3 aromatic rings. The summed E-state index contributed by atoms with van der Waals surface area (Å²) in [6, 6.07) is 25.6. The van der Waals surface area contributed by atoms with Crippen molar-refractivity contribution in [3.05, 3.63) is 107 Å². The summed E-state index contributed by atoms with van der Waals surface area (Å²) in [5, 5.41) is 2.77. The molecule has 0 fully saturated rings. The molecular formula is C28H32N2O2S. The van der Waals surface area contributed by atoms with Crippen molar-refractivity contribution in [2.75, 3.05) is 12.8 Å². The minimum atomic E-state index is -0.580. The Morgan fingerprint density at radius 1 is 0.848 bits per heavy atom. The molecule has 0 saturated carbocycles. The first-order valence-corrected chi connectivity index (χ1v) is 12.4. The molecule has 0 unspecified atom stereocenters. The molecule has 1 atom stereocenters. The third-order valence-electron chi connectivity index (χ3n) is 5.86. The molecule has 0 aliphatic heterocycles. The van der Waals surface area contributed by atoms with Gasteiger partial charge in [0.05, 0.1) is 5.75 Å². The Morgan fingerprint density at radius 2 is 1.42 bits per heavy atom. The molecule has 3 aromatic carbocycles. The van der Waals surface area contributed by atoms with Gasteiger partial charge in [0.15, 0.2) is 0 Å². The summed E-state index contributed by atoms with van der Waals surface area (Å²) in [5.74, 6) is 0.911. The number of amides is 2. The zero-order chi connectivity index (χ0) is 23.6. The topological polar surface area (TPSA) is 49.4 Å². The molecule has 172 valence electrons. The number of rotatable bonds is 10. The summed E-state index contributed by atoms with van der Waals surface area (Å²) >= 11 is 1.59. The van der Waals surface area contributed by atoms with Gasteiger partial charge < -0.3 is 10.2 Å². The number of carbonyl (C=O) groups excluding carboxylic acids is 2. The highest BCUT2D eigenvalue weighted by Gasteiger charge is 2.30. The van der Waals surface area contributed by atoms with Gasteiger partial charge in [0.25, 0.3) is 0 Å². The third-order valence-corrected chi connectivity index (χ3v) is 6.83. The standard InChI is InChI=1S/C28H32N2O2S/c1-21-11-7-9-15-24(21)18-30(26(28(32)29-3)17-23-13-5-4-6-14-23)27(31)20-33-19-25-16-10-8-12-22(25)2/h4-16,26H,17-20H2,1-3H3,(H,29,32)/t26-/m1/s1. The summed E-state index contributed by atoms with van der Waals surface area (Å²) in [5.41, 5.74) is 5.64. The van der Waals surface area contributed by atoms with E-state index in [0.717, 1.165) is 22.4 Å². The summed E-state index contributed by atoms with van der Waals surface area (Å²) < 4.78 is 0. The predicted octanol–water partition coefficient (Wildman–Crippen LogP) is 4.92. The molecule has 0 heterocycles. The Hall–Kier alpha value is -3.05. The second-order valence-corrected chi connectivity index (χ2v) is 9.17. The van der Waals surface area contributed by atoms with Gasteiger partial charge in [-0.05, 0) is 41.7 Å². The molecule has 0 spiro atoms. The first kappa shape index (κ1) is 24.6. The fraction of sp³-hybridized carbons (Fsp3) is 0.286. The lowest BCUT2D eigenvalue weighted by molar-refractivity contribution is -0.139. The lowest BCUT2D eigenvalue weighted by Crippen LogP contribution is -2.50. The Labute approximate surface area is 201 Å². The molecule has 0 aliphatic carbocycles. The van der Waals surface area contributed by atoms with E-state index in [0.29, 0.717) is 18.7 Å². The first-order valence-electron chi connectivity index (χ1n) is 11.2. The first-order chi connectivity index (χ1) is 16.0. The van der Waals surface area contributed by atoms with Crippen LogP contribution in [-0.2, 0) is 28.3 Å². The fourth-order valence-electron chi connectivity index (χ4n) is 3.79. The third kappa shape index (κ3) is 6.96. The number of nitrogens with zero attached hydrogens (tertiary/aromatic N) is 1. The van der Waals surface area contributed by atoms with Gasteiger partial charge in [0.1, 0.15) is 6.04 Å². The highest BCUT2D eigenvalue weighted by molar-refractivity contribution is 7.99. The monoisotopic (exact) mass is 460 g/mol. The van der Waals surface area contributed by atoms with Crippen LogP contribution in [0.3, 0.4) is 0 Å². The van der Waals surface area contributed by atoms with Crippen molar-refractivity contribution < 1.29 is 9.59 Å². The van der Waals surface area contributed by atoms with E-state index in [1.165, 1.54) is 11.1 Å². The van der Waals surface area contributed by atoms with Crippen molar-refractivity contribution in [3.8, 4) is 0 Å². The molecule has 33 heavy (non-hydrogen) atoms. The molecule has 2 amide bonds. The molecule has 3 rings (SSSR count). The van der Waals surface area contributed by atoms with Crippen LogP contribution in [-0.4, -0.2) is 35.6 Å². The highest BCUT2D eigenvalue weighted by atomic mass is 32.2. The molecule has 0 radical (unpaired) electrons. The van der Waals surface area contributed by atoms with Gasteiger partial charge in [0.2, 0.25) is 11.8 Å². The smallest absolute Gasteiger partial charge is 0.242 e. The number of hydrogen-bond donors (Lipinski definition) is 1. The van der Waals surface area contributed by atoms with E-state index in [2.05, 4.69) is 24.4 Å². The lowest BCUT2D eigenvalue weighted by atomic mass is 10.0. The summed E-state index contributed by atoms with van der Waals surface area (Å²) in [7, 11) is 1.63. The molecule has 4 nitrogen and oxygen atoms in total. The molecular weight excluding hydrogens is 428 g/mol. The van der Waals surface area contributed by atoms with Gasteiger partial charge in [-0.25, -0.2) is 0 Å². The second kappa shape index (κ2) is 12.3. The normalized spacial score (nSPS) is 11.6. The van der Waals surface area contributed by atoms with E-state index in [1.807, 2.05) is 73.7 Å². The summed E-state index contributed by atoms with van der Waals surface area (Å²) in [6.45, 7) is 4.53. The number of hydrogen-bond acceptors (Lipinski definition) is 3. The van der Waals surface area contributed by atoms with Gasteiger partial charge >= 0.3 is 0 Å². The number of likely N-dealkylation sites (N-methyl/N-ethyl adjacent to an activating group) is 1. The van der Waals surface area contributed by atoms with E-state index < -0.39 is 6.04 Å².